The molecule has 3 heteroatoms. The molecule has 1 aromatic rings. The second-order valence-corrected chi connectivity index (χ2v) is 5.58. The minimum atomic E-state index is 0.0169. The number of nitrogens with zero attached hydrogens (tertiary/aromatic N) is 2. The minimum absolute atomic E-state index is 0.0169. The van der Waals surface area contributed by atoms with E-state index < -0.39 is 0 Å². The first-order valence-electron chi connectivity index (χ1n) is 6.52. The smallest absolute Gasteiger partial charge is 0.0569 e. The van der Waals surface area contributed by atoms with Gasteiger partial charge < -0.3 is 10.6 Å². The molecule has 2 rings (SSSR count). The second kappa shape index (κ2) is 5.05. The SMILES string of the molecule is CC1CC(C)CN(c2ccc(C(C)N)nc2)C1. The van der Waals surface area contributed by atoms with Crippen molar-refractivity contribution in [2.75, 3.05) is 18.0 Å². The van der Waals surface area contributed by atoms with Crippen LogP contribution in [0.4, 0.5) is 5.69 Å². The molecule has 0 amide bonds. The largest absolute Gasteiger partial charge is 0.370 e. The summed E-state index contributed by atoms with van der Waals surface area (Å²) in [5.41, 5.74) is 8.00. The Kier molecular flexibility index (Phi) is 3.67. The van der Waals surface area contributed by atoms with E-state index in [0.29, 0.717) is 0 Å². The van der Waals surface area contributed by atoms with Gasteiger partial charge in [0.1, 0.15) is 0 Å². The van der Waals surface area contributed by atoms with Crippen LogP contribution in [0.25, 0.3) is 0 Å². The van der Waals surface area contributed by atoms with Crippen molar-refractivity contribution in [3.05, 3.63) is 24.0 Å². The van der Waals surface area contributed by atoms with Crippen LogP contribution in [0, 0.1) is 11.8 Å². The normalized spacial score (nSPS) is 26.9. The third-order valence-electron chi connectivity index (χ3n) is 3.47. The lowest BCUT2D eigenvalue weighted by atomic mass is 9.91. The van der Waals surface area contributed by atoms with Crippen LogP contribution in [0.3, 0.4) is 0 Å². The van der Waals surface area contributed by atoms with Crippen molar-refractivity contribution in [3.8, 4) is 0 Å². The predicted molar refractivity (Wildman–Crippen MR) is 72.0 cm³/mol. The van der Waals surface area contributed by atoms with Crippen molar-refractivity contribution in [2.45, 2.75) is 33.2 Å². The molecule has 2 heterocycles. The molecule has 0 aromatic carbocycles. The van der Waals surface area contributed by atoms with Crippen molar-refractivity contribution >= 4 is 5.69 Å². The topological polar surface area (TPSA) is 42.1 Å². The summed E-state index contributed by atoms with van der Waals surface area (Å²) in [5.74, 6) is 1.54. The number of anilines is 1. The quantitative estimate of drug-likeness (QED) is 0.853. The number of piperidine rings is 1. The van der Waals surface area contributed by atoms with Gasteiger partial charge in [-0.2, -0.15) is 0 Å². The molecular weight excluding hydrogens is 210 g/mol. The molecule has 94 valence electrons. The molecule has 0 bridgehead atoms. The molecule has 1 aliphatic heterocycles. The van der Waals surface area contributed by atoms with E-state index in [1.165, 1.54) is 12.1 Å². The van der Waals surface area contributed by atoms with Crippen molar-refractivity contribution < 1.29 is 0 Å². The number of hydrogen-bond donors (Lipinski definition) is 1. The van der Waals surface area contributed by atoms with Crippen molar-refractivity contribution in [1.29, 1.82) is 0 Å². The highest BCUT2D eigenvalue weighted by molar-refractivity contribution is 5.45. The maximum Gasteiger partial charge on any atom is 0.0569 e. The molecule has 1 saturated heterocycles. The van der Waals surface area contributed by atoms with E-state index in [1.54, 1.807) is 0 Å². The van der Waals surface area contributed by atoms with Gasteiger partial charge in [-0.15, -0.1) is 0 Å². The van der Waals surface area contributed by atoms with Crippen LogP contribution in [0.5, 0.6) is 0 Å². The lowest BCUT2D eigenvalue weighted by Gasteiger charge is -2.36. The highest BCUT2D eigenvalue weighted by Crippen LogP contribution is 2.26. The summed E-state index contributed by atoms with van der Waals surface area (Å²) in [7, 11) is 0. The Bertz CT molecular complexity index is 348. The van der Waals surface area contributed by atoms with Crippen LogP contribution in [0.1, 0.15) is 38.9 Å². The lowest BCUT2D eigenvalue weighted by molar-refractivity contribution is 0.356. The van der Waals surface area contributed by atoms with E-state index in [4.69, 9.17) is 5.73 Å². The zero-order chi connectivity index (χ0) is 12.4. The summed E-state index contributed by atoms with van der Waals surface area (Å²) in [4.78, 5) is 6.88. The molecule has 3 nitrogen and oxygen atoms in total. The summed E-state index contributed by atoms with van der Waals surface area (Å²) < 4.78 is 0. The molecule has 1 aromatic heterocycles. The van der Waals surface area contributed by atoms with E-state index in [1.807, 2.05) is 19.2 Å². The Balaban J connectivity index is 2.11. The van der Waals surface area contributed by atoms with Crippen LogP contribution >= 0.6 is 0 Å². The number of aromatic nitrogens is 1. The summed E-state index contributed by atoms with van der Waals surface area (Å²) in [6.07, 6.45) is 3.30. The Morgan fingerprint density at radius 1 is 1.29 bits per heavy atom. The van der Waals surface area contributed by atoms with Crippen molar-refractivity contribution in [2.24, 2.45) is 17.6 Å². The number of pyridine rings is 1. The van der Waals surface area contributed by atoms with E-state index in [9.17, 15) is 0 Å². The molecule has 0 spiro atoms. The Morgan fingerprint density at radius 3 is 2.41 bits per heavy atom. The van der Waals surface area contributed by atoms with E-state index >= 15 is 0 Å². The lowest BCUT2D eigenvalue weighted by Crippen LogP contribution is -2.38. The fourth-order valence-electron chi connectivity index (χ4n) is 2.73. The number of nitrogens with two attached hydrogens (primary N) is 1. The van der Waals surface area contributed by atoms with Gasteiger partial charge in [-0.05, 0) is 37.3 Å². The van der Waals surface area contributed by atoms with Gasteiger partial charge >= 0.3 is 0 Å². The first kappa shape index (κ1) is 12.4. The Hall–Kier alpha value is -1.09. The second-order valence-electron chi connectivity index (χ2n) is 5.58. The zero-order valence-electron chi connectivity index (χ0n) is 11.1. The summed E-state index contributed by atoms with van der Waals surface area (Å²) in [6.45, 7) is 8.90. The summed E-state index contributed by atoms with van der Waals surface area (Å²) in [5, 5.41) is 0. The van der Waals surface area contributed by atoms with Crippen LogP contribution in [-0.4, -0.2) is 18.1 Å². The molecule has 0 radical (unpaired) electrons. The average Bonchev–Trinajstić information content (AvgIpc) is 2.28. The van der Waals surface area contributed by atoms with E-state index in [2.05, 4.69) is 29.8 Å². The maximum absolute atomic E-state index is 5.81. The van der Waals surface area contributed by atoms with Gasteiger partial charge in [0.25, 0.3) is 0 Å². The molecular formula is C14H23N3. The van der Waals surface area contributed by atoms with Crippen LogP contribution in [0.15, 0.2) is 18.3 Å². The third-order valence-corrected chi connectivity index (χ3v) is 3.47. The third kappa shape index (κ3) is 2.97. The van der Waals surface area contributed by atoms with Gasteiger partial charge in [-0.25, -0.2) is 0 Å². The van der Waals surface area contributed by atoms with Gasteiger partial charge in [0.2, 0.25) is 0 Å². The molecule has 3 unspecified atom stereocenters. The van der Waals surface area contributed by atoms with Crippen molar-refractivity contribution in [1.82, 2.24) is 4.98 Å². The first-order valence-corrected chi connectivity index (χ1v) is 6.52. The van der Waals surface area contributed by atoms with Gasteiger partial charge in [0.05, 0.1) is 17.6 Å². The standard InChI is InChI=1S/C14H23N3/c1-10-6-11(2)9-17(8-10)13-4-5-14(12(3)15)16-7-13/h4-5,7,10-12H,6,8-9,15H2,1-3H3. The highest BCUT2D eigenvalue weighted by atomic mass is 15.1. The van der Waals surface area contributed by atoms with Gasteiger partial charge in [0, 0.05) is 19.1 Å². The predicted octanol–water partition coefficient (Wildman–Crippen LogP) is 2.58. The van der Waals surface area contributed by atoms with Crippen LogP contribution in [0.2, 0.25) is 0 Å². The van der Waals surface area contributed by atoms with Gasteiger partial charge in [-0.1, -0.05) is 13.8 Å². The molecule has 2 N–H and O–H groups in total. The first-order chi connectivity index (χ1) is 8.06. The fourth-order valence-corrected chi connectivity index (χ4v) is 2.73. The van der Waals surface area contributed by atoms with Crippen molar-refractivity contribution in [3.63, 3.8) is 0 Å². The van der Waals surface area contributed by atoms with E-state index in [-0.39, 0.29) is 6.04 Å². The minimum Gasteiger partial charge on any atom is -0.370 e. The summed E-state index contributed by atoms with van der Waals surface area (Å²) >= 11 is 0. The molecule has 1 fully saturated rings. The monoisotopic (exact) mass is 233 g/mol. The highest BCUT2D eigenvalue weighted by Gasteiger charge is 2.22. The Morgan fingerprint density at radius 2 is 1.94 bits per heavy atom. The van der Waals surface area contributed by atoms with Gasteiger partial charge in [-0.3, -0.25) is 4.98 Å². The maximum atomic E-state index is 5.81. The van der Waals surface area contributed by atoms with Crippen LogP contribution < -0.4 is 10.6 Å². The zero-order valence-corrected chi connectivity index (χ0v) is 11.1. The Labute approximate surface area is 104 Å². The van der Waals surface area contributed by atoms with E-state index in [0.717, 1.165) is 30.6 Å². The molecule has 1 aliphatic rings. The molecule has 0 aliphatic carbocycles. The number of hydrogen-bond acceptors (Lipinski definition) is 3. The van der Waals surface area contributed by atoms with Gasteiger partial charge in [0.15, 0.2) is 0 Å². The van der Waals surface area contributed by atoms with Crippen LogP contribution in [-0.2, 0) is 0 Å². The average molecular weight is 233 g/mol. The molecule has 0 saturated carbocycles. The molecule has 3 atom stereocenters. The molecule has 17 heavy (non-hydrogen) atoms. The summed E-state index contributed by atoms with van der Waals surface area (Å²) in [6, 6.07) is 4.21. The fraction of sp³-hybridized carbons (Fsp3) is 0.643. The number of rotatable bonds is 2.